The second kappa shape index (κ2) is 5.49. The lowest BCUT2D eigenvalue weighted by molar-refractivity contribution is 0.368. The van der Waals surface area contributed by atoms with Crippen LogP contribution in [0.5, 0.6) is 17.4 Å². The van der Waals surface area contributed by atoms with Gasteiger partial charge in [-0.05, 0) is 18.6 Å². The highest BCUT2D eigenvalue weighted by Gasteiger charge is 2.14. The van der Waals surface area contributed by atoms with Gasteiger partial charge in [0.2, 0.25) is 5.75 Å². The molecular weight excluding hydrogens is 251 g/mol. The summed E-state index contributed by atoms with van der Waals surface area (Å²) in [6, 6.07) is 4.52. The number of ether oxygens (including phenoxy) is 2. The van der Waals surface area contributed by atoms with E-state index < -0.39 is 0 Å². The number of nitrogens with two attached hydrogens (primary N) is 1. The van der Waals surface area contributed by atoms with Crippen LogP contribution in [0.25, 0.3) is 0 Å². The van der Waals surface area contributed by atoms with E-state index in [0.717, 1.165) is 0 Å². The van der Waals surface area contributed by atoms with Crippen molar-refractivity contribution in [2.75, 3.05) is 12.5 Å². The number of aromatic nitrogens is 2. The third-order valence-electron chi connectivity index (χ3n) is 2.47. The van der Waals surface area contributed by atoms with Crippen molar-refractivity contribution in [1.82, 2.24) is 9.97 Å². The van der Waals surface area contributed by atoms with E-state index in [1.54, 1.807) is 19.1 Å². The molecule has 7 heteroatoms. The van der Waals surface area contributed by atoms with Crippen LogP contribution in [-0.2, 0) is 0 Å². The van der Waals surface area contributed by atoms with Gasteiger partial charge in [0.25, 0.3) is 5.88 Å². The number of hydrogen-bond acceptors (Lipinski definition) is 6. The van der Waals surface area contributed by atoms with Gasteiger partial charge in [-0.3, -0.25) is 0 Å². The third-order valence-corrected chi connectivity index (χ3v) is 2.47. The van der Waals surface area contributed by atoms with Gasteiger partial charge in [0.05, 0.1) is 7.11 Å². The van der Waals surface area contributed by atoms with Crippen molar-refractivity contribution >= 4 is 5.82 Å². The van der Waals surface area contributed by atoms with Gasteiger partial charge in [-0.1, -0.05) is 6.07 Å². The van der Waals surface area contributed by atoms with Gasteiger partial charge < -0.3 is 14.9 Å². The number of anilines is 1. The maximum absolute atomic E-state index is 13.4. The van der Waals surface area contributed by atoms with E-state index >= 15 is 0 Å². The molecule has 0 fully saturated rings. The lowest BCUT2D eigenvalue weighted by atomic mass is 10.2. The first-order chi connectivity index (χ1) is 9.15. The molecule has 0 radical (unpaired) electrons. The minimum atomic E-state index is -0.359. The Morgan fingerprint density at radius 1 is 1.32 bits per heavy atom. The zero-order chi connectivity index (χ0) is 13.8. The number of nitrogen functional groups attached to an aromatic ring is 1. The summed E-state index contributed by atoms with van der Waals surface area (Å²) in [6.45, 7) is 1.67. The summed E-state index contributed by atoms with van der Waals surface area (Å²) < 4.78 is 24.0. The molecule has 0 amide bonds. The van der Waals surface area contributed by atoms with Gasteiger partial charge in [-0.15, -0.1) is 0 Å². The summed E-state index contributed by atoms with van der Waals surface area (Å²) in [5.74, 6) is 5.91. The molecule has 1 aromatic heterocycles. The predicted molar refractivity (Wildman–Crippen MR) is 67.6 cm³/mol. The van der Waals surface area contributed by atoms with Crippen molar-refractivity contribution in [2.24, 2.45) is 5.84 Å². The summed E-state index contributed by atoms with van der Waals surface area (Å²) in [5, 5.41) is 0. The van der Waals surface area contributed by atoms with Crippen molar-refractivity contribution in [2.45, 2.75) is 6.92 Å². The van der Waals surface area contributed by atoms with Crippen LogP contribution in [0.3, 0.4) is 0 Å². The fourth-order valence-corrected chi connectivity index (χ4v) is 1.47. The highest BCUT2D eigenvalue weighted by Crippen LogP contribution is 2.33. The van der Waals surface area contributed by atoms with E-state index in [0.29, 0.717) is 11.3 Å². The molecule has 19 heavy (non-hydrogen) atoms. The molecule has 0 saturated carbocycles. The average molecular weight is 264 g/mol. The molecule has 100 valence electrons. The first-order valence-electron chi connectivity index (χ1n) is 5.45. The van der Waals surface area contributed by atoms with E-state index in [-0.39, 0.29) is 23.3 Å². The van der Waals surface area contributed by atoms with Gasteiger partial charge in [-0.2, -0.15) is 4.98 Å². The average Bonchev–Trinajstić information content (AvgIpc) is 2.42. The van der Waals surface area contributed by atoms with Crippen LogP contribution in [0.1, 0.15) is 5.56 Å². The van der Waals surface area contributed by atoms with E-state index in [2.05, 4.69) is 15.4 Å². The summed E-state index contributed by atoms with van der Waals surface area (Å²) in [7, 11) is 1.43. The number of methoxy groups -OCH3 is 1. The summed E-state index contributed by atoms with van der Waals surface area (Å²) in [4.78, 5) is 7.80. The molecule has 3 N–H and O–H groups in total. The molecule has 1 aromatic carbocycles. The van der Waals surface area contributed by atoms with Crippen LogP contribution in [0.15, 0.2) is 24.5 Å². The van der Waals surface area contributed by atoms with Crippen LogP contribution < -0.4 is 20.7 Å². The third kappa shape index (κ3) is 2.71. The zero-order valence-electron chi connectivity index (χ0n) is 10.5. The number of benzene rings is 1. The molecule has 0 aliphatic carbocycles. The lowest BCUT2D eigenvalue weighted by Crippen LogP contribution is -2.11. The maximum atomic E-state index is 13.4. The Labute approximate surface area is 109 Å². The number of nitrogens with zero attached hydrogens (tertiary/aromatic N) is 2. The first-order valence-corrected chi connectivity index (χ1v) is 5.45. The van der Waals surface area contributed by atoms with Crippen molar-refractivity contribution in [3.63, 3.8) is 0 Å². The van der Waals surface area contributed by atoms with Crippen molar-refractivity contribution in [3.8, 4) is 17.4 Å². The Hall–Kier alpha value is -2.41. The monoisotopic (exact) mass is 264 g/mol. The SMILES string of the molecule is COc1c(NN)ncnc1Oc1ccc(C)c(F)c1. The number of rotatable bonds is 4. The molecule has 0 bridgehead atoms. The van der Waals surface area contributed by atoms with Crippen molar-refractivity contribution in [3.05, 3.63) is 35.9 Å². The fraction of sp³-hybridized carbons (Fsp3) is 0.167. The van der Waals surface area contributed by atoms with Crippen molar-refractivity contribution < 1.29 is 13.9 Å². The van der Waals surface area contributed by atoms with Crippen LogP contribution >= 0.6 is 0 Å². The standard InChI is InChI=1S/C12H13FN4O2/c1-7-3-4-8(5-9(7)13)19-12-10(18-2)11(17-14)15-6-16-12/h3-6H,14H2,1-2H3,(H,15,16,17). The Morgan fingerprint density at radius 3 is 2.74 bits per heavy atom. The normalized spacial score (nSPS) is 10.1. The lowest BCUT2D eigenvalue weighted by Gasteiger charge is -2.11. The van der Waals surface area contributed by atoms with Crippen molar-refractivity contribution in [1.29, 1.82) is 0 Å². The van der Waals surface area contributed by atoms with E-state index in [9.17, 15) is 4.39 Å². The molecule has 0 atom stereocenters. The molecular formula is C12H13FN4O2. The Balaban J connectivity index is 2.35. The molecule has 1 heterocycles. The molecule has 0 spiro atoms. The quantitative estimate of drug-likeness (QED) is 0.649. The Morgan fingerprint density at radius 2 is 2.11 bits per heavy atom. The van der Waals surface area contributed by atoms with Crippen LogP contribution in [0.4, 0.5) is 10.2 Å². The van der Waals surface area contributed by atoms with Gasteiger partial charge in [-0.25, -0.2) is 15.2 Å². The van der Waals surface area contributed by atoms with Gasteiger partial charge in [0, 0.05) is 6.07 Å². The van der Waals surface area contributed by atoms with Crippen LogP contribution in [0, 0.1) is 12.7 Å². The topological polar surface area (TPSA) is 82.3 Å². The number of halogens is 1. The van der Waals surface area contributed by atoms with E-state index in [1.807, 2.05) is 0 Å². The maximum Gasteiger partial charge on any atom is 0.268 e. The second-order valence-electron chi connectivity index (χ2n) is 3.72. The van der Waals surface area contributed by atoms with Crippen LogP contribution in [-0.4, -0.2) is 17.1 Å². The minimum absolute atomic E-state index is 0.147. The Bertz CT molecular complexity index is 592. The van der Waals surface area contributed by atoms with Gasteiger partial charge in [0.15, 0.2) is 5.82 Å². The molecule has 2 aromatic rings. The summed E-state index contributed by atoms with van der Waals surface area (Å²) in [6.07, 6.45) is 1.26. The summed E-state index contributed by atoms with van der Waals surface area (Å²) >= 11 is 0. The largest absolute Gasteiger partial charge is 0.489 e. The van der Waals surface area contributed by atoms with Gasteiger partial charge >= 0.3 is 0 Å². The fourth-order valence-electron chi connectivity index (χ4n) is 1.47. The molecule has 0 aliphatic heterocycles. The molecule has 0 unspecified atom stereocenters. The zero-order valence-corrected chi connectivity index (χ0v) is 10.5. The van der Waals surface area contributed by atoms with Gasteiger partial charge in [0.1, 0.15) is 17.9 Å². The van der Waals surface area contributed by atoms with Crippen LogP contribution in [0.2, 0.25) is 0 Å². The number of hydrazine groups is 1. The highest BCUT2D eigenvalue weighted by molar-refractivity contribution is 5.55. The predicted octanol–water partition coefficient (Wildman–Crippen LogP) is 2.01. The second-order valence-corrected chi connectivity index (χ2v) is 3.72. The van der Waals surface area contributed by atoms with E-state index in [1.165, 1.54) is 19.5 Å². The number of aryl methyl sites for hydroxylation is 1. The smallest absolute Gasteiger partial charge is 0.268 e. The molecule has 2 rings (SSSR count). The van der Waals surface area contributed by atoms with E-state index in [4.69, 9.17) is 15.3 Å². The summed E-state index contributed by atoms with van der Waals surface area (Å²) in [5.41, 5.74) is 2.90. The number of nitrogens with one attached hydrogen (secondary N) is 1. The Kier molecular flexibility index (Phi) is 3.76. The number of hydrogen-bond donors (Lipinski definition) is 2. The minimum Gasteiger partial charge on any atom is -0.489 e. The molecule has 6 nitrogen and oxygen atoms in total. The molecule has 0 saturated heterocycles. The highest BCUT2D eigenvalue weighted by atomic mass is 19.1. The molecule has 0 aliphatic rings. The first kappa shape index (κ1) is 13.0.